The first-order chi connectivity index (χ1) is 15.5. The van der Waals surface area contributed by atoms with Crippen LogP contribution >= 0.6 is 0 Å². The second-order valence-electron chi connectivity index (χ2n) is 8.61. The first kappa shape index (κ1) is 20.6. The van der Waals surface area contributed by atoms with Crippen LogP contribution in [0.4, 0.5) is 0 Å². The van der Waals surface area contributed by atoms with Crippen molar-refractivity contribution in [3.8, 4) is 22.8 Å². The van der Waals surface area contributed by atoms with Crippen molar-refractivity contribution in [3.63, 3.8) is 0 Å². The molecule has 166 valence electrons. The van der Waals surface area contributed by atoms with Crippen molar-refractivity contribution in [2.24, 2.45) is 0 Å². The maximum atomic E-state index is 13.5. The number of methoxy groups -OCH3 is 1. The van der Waals surface area contributed by atoms with Crippen LogP contribution in [0.15, 0.2) is 36.4 Å². The molecule has 2 atom stereocenters. The fourth-order valence-electron chi connectivity index (χ4n) is 4.97. The molecular weight excluding hydrogens is 406 g/mol. The van der Waals surface area contributed by atoms with E-state index in [9.17, 15) is 9.90 Å². The van der Waals surface area contributed by atoms with E-state index in [1.807, 2.05) is 49.1 Å². The lowest BCUT2D eigenvalue weighted by molar-refractivity contribution is 0.0495. The van der Waals surface area contributed by atoms with Crippen LogP contribution in [0.1, 0.15) is 51.6 Å². The molecule has 0 aliphatic carbocycles. The Balaban J connectivity index is 1.65. The molecule has 2 unspecified atom stereocenters. The Kier molecular flexibility index (Phi) is 5.13. The molecule has 7 nitrogen and oxygen atoms in total. The molecule has 3 heterocycles. The first-order valence-corrected chi connectivity index (χ1v) is 10.9. The number of ether oxygens (including phenoxy) is 2. The molecule has 0 saturated carbocycles. The maximum Gasteiger partial charge on any atom is 0.273 e. The van der Waals surface area contributed by atoms with Crippen LogP contribution < -0.4 is 4.74 Å². The van der Waals surface area contributed by atoms with Crippen molar-refractivity contribution in [3.05, 3.63) is 64.3 Å². The number of carbonyl (C=O) groups excluding carboxylic acids is 1. The number of benzene rings is 2. The molecule has 2 aromatic carbocycles. The highest BCUT2D eigenvalue weighted by Gasteiger charge is 2.43. The molecular formula is C25H27N3O4. The van der Waals surface area contributed by atoms with Crippen molar-refractivity contribution in [1.29, 1.82) is 0 Å². The van der Waals surface area contributed by atoms with Gasteiger partial charge >= 0.3 is 0 Å². The summed E-state index contributed by atoms with van der Waals surface area (Å²) in [6, 6.07) is 11.2. The molecule has 7 heteroatoms. The average Bonchev–Trinajstić information content (AvgIpc) is 3.48. The number of fused-ring (bicyclic) bond motifs is 1. The molecule has 1 aromatic heterocycles. The van der Waals surface area contributed by atoms with Gasteiger partial charge in [-0.05, 0) is 61.6 Å². The molecule has 5 rings (SSSR count). The van der Waals surface area contributed by atoms with E-state index in [4.69, 9.17) is 9.47 Å². The van der Waals surface area contributed by atoms with E-state index in [1.165, 1.54) is 0 Å². The first-order valence-electron chi connectivity index (χ1n) is 10.9. The molecule has 0 spiro atoms. The Morgan fingerprint density at radius 3 is 2.69 bits per heavy atom. The van der Waals surface area contributed by atoms with E-state index in [-0.39, 0.29) is 23.8 Å². The summed E-state index contributed by atoms with van der Waals surface area (Å²) in [5.74, 6) is 0.818. The van der Waals surface area contributed by atoms with Gasteiger partial charge in [0.15, 0.2) is 0 Å². The molecule has 0 bridgehead atoms. The number of H-pyrrole nitrogens is 1. The average molecular weight is 434 g/mol. The lowest BCUT2D eigenvalue weighted by Crippen LogP contribution is -2.36. The SMILES string of the molecule is COc1ccc(C2c3c(-c4c(C)cc(C)cc4O)n[nH]c3C(=O)N2CC2CCCO2)cc1. The summed E-state index contributed by atoms with van der Waals surface area (Å²) in [4.78, 5) is 15.3. The van der Waals surface area contributed by atoms with Crippen molar-refractivity contribution in [2.75, 3.05) is 20.3 Å². The Hall–Kier alpha value is -3.32. The maximum absolute atomic E-state index is 13.5. The van der Waals surface area contributed by atoms with Crippen molar-refractivity contribution < 1.29 is 19.4 Å². The number of hydrogen-bond donors (Lipinski definition) is 2. The second-order valence-corrected chi connectivity index (χ2v) is 8.61. The van der Waals surface area contributed by atoms with Gasteiger partial charge in [0.1, 0.15) is 22.9 Å². The van der Waals surface area contributed by atoms with Gasteiger partial charge in [0.2, 0.25) is 0 Å². The number of rotatable bonds is 5. The highest BCUT2D eigenvalue weighted by Crippen LogP contribution is 2.46. The Morgan fingerprint density at radius 1 is 1.25 bits per heavy atom. The van der Waals surface area contributed by atoms with Gasteiger partial charge in [0.05, 0.1) is 19.3 Å². The van der Waals surface area contributed by atoms with Gasteiger partial charge in [-0.15, -0.1) is 0 Å². The minimum Gasteiger partial charge on any atom is -0.507 e. The Labute approximate surface area is 187 Å². The van der Waals surface area contributed by atoms with E-state index in [1.54, 1.807) is 13.2 Å². The molecule has 1 fully saturated rings. The molecule has 32 heavy (non-hydrogen) atoms. The number of nitrogens with one attached hydrogen (secondary N) is 1. The van der Waals surface area contributed by atoms with Crippen molar-refractivity contribution in [1.82, 2.24) is 15.1 Å². The Morgan fingerprint density at radius 2 is 2.03 bits per heavy atom. The monoisotopic (exact) mass is 433 g/mol. The minimum absolute atomic E-state index is 0.0228. The summed E-state index contributed by atoms with van der Waals surface area (Å²) in [6.45, 7) is 5.13. The molecule has 2 N–H and O–H groups in total. The number of amides is 1. The molecule has 2 aliphatic heterocycles. The van der Waals surface area contributed by atoms with E-state index < -0.39 is 0 Å². The molecule has 0 radical (unpaired) electrons. The normalized spacial score (nSPS) is 20.1. The number of nitrogens with zero attached hydrogens (tertiary/aromatic N) is 2. The van der Waals surface area contributed by atoms with E-state index in [0.29, 0.717) is 23.5 Å². The predicted octanol–water partition coefficient (Wildman–Crippen LogP) is 4.13. The number of aromatic amines is 1. The molecule has 2 aliphatic rings. The smallest absolute Gasteiger partial charge is 0.273 e. The van der Waals surface area contributed by atoms with Crippen LogP contribution in [0.5, 0.6) is 11.5 Å². The Bertz CT molecular complexity index is 1140. The summed E-state index contributed by atoms with van der Waals surface area (Å²) in [6.07, 6.45) is 1.97. The summed E-state index contributed by atoms with van der Waals surface area (Å²) in [5, 5.41) is 18.2. The van der Waals surface area contributed by atoms with Gasteiger partial charge in [-0.1, -0.05) is 18.2 Å². The van der Waals surface area contributed by atoms with Gasteiger partial charge < -0.3 is 19.5 Å². The van der Waals surface area contributed by atoms with Crippen LogP contribution in [0, 0.1) is 13.8 Å². The third kappa shape index (κ3) is 3.33. The number of phenolic OH excluding ortho intramolecular Hbond substituents is 1. The number of hydrogen-bond acceptors (Lipinski definition) is 5. The third-order valence-corrected chi connectivity index (χ3v) is 6.42. The largest absolute Gasteiger partial charge is 0.507 e. The highest BCUT2D eigenvalue weighted by molar-refractivity contribution is 6.00. The minimum atomic E-state index is -0.332. The van der Waals surface area contributed by atoms with Gasteiger partial charge in [0, 0.05) is 24.3 Å². The number of aromatic nitrogens is 2. The fourth-order valence-corrected chi connectivity index (χ4v) is 4.97. The quantitative estimate of drug-likeness (QED) is 0.632. The number of aryl methyl sites for hydroxylation is 2. The zero-order valence-electron chi connectivity index (χ0n) is 18.5. The molecule has 1 amide bonds. The fraction of sp³-hybridized carbons (Fsp3) is 0.360. The second kappa shape index (κ2) is 7.98. The standard InChI is InChI=1S/C25H27N3O4/c1-14-11-15(2)20(19(29)12-14)22-21-23(27-26-22)25(30)28(13-18-5-4-10-32-18)24(21)16-6-8-17(31-3)9-7-16/h6-9,11-12,18,24,29H,4-5,10,13H2,1-3H3,(H,26,27). The van der Waals surface area contributed by atoms with Crippen molar-refractivity contribution in [2.45, 2.75) is 38.8 Å². The van der Waals surface area contributed by atoms with Crippen LogP contribution in [0.3, 0.4) is 0 Å². The van der Waals surface area contributed by atoms with E-state index in [0.717, 1.165) is 47.5 Å². The van der Waals surface area contributed by atoms with E-state index >= 15 is 0 Å². The van der Waals surface area contributed by atoms with Crippen molar-refractivity contribution >= 4 is 5.91 Å². The van der Waals surface area contributed by atoms with Crippen LogP contribution in [-0.4, -0.2) is 52.5 Å². The zero-order chi connectivity index (χ0) is 22.4. The molecule has 3 aromatic rings. The number of carbonyl (C=O) groups is 1. The van der Waals surface area contributed by atoms with Gasteiger partial charge in [-0.25, -0.2) is 0 Å². The number of phenols is 1. The zero-order valence-corrected chi connectivity index (χ0v) is 18.5. The lowest BCUT2D eigenvalue weighted by Gasteiger charge is -2.28. The number of aromatic hydroxyl groups is 1. The summed E-state index contributed by atoms with van der Waals surface area (Å²) < 4.78 is 11.2. The lowest BCUT2D eigenvalue weighted by atomic mass is 9.93. The van der Waals surface area contributed by atoms with Crippen LogP contribution in [0.2, 0.25) is 0 Å². The van der Waals surface area contributed by atoms with Crippen LogP contribution in [-0.2, 0) is 4.74 Å². The van der Waals surface area contributed by atoms with Gasteiger partial charge in [-0.3, -0.25) is 9.89 Å². The van der Waals surface area contributed by atoms with Crippen LogP contribution in [0.25, 0.3) is 11.3 Å². The topological polar surface area (TPSA) is 87.7 Å². The summed E-state index contributed by atoms with van der Waals surface area (Å²) in [7, 11) is 1.63. The van der Waals surface area contributed by atoms with Gasteiger partial charge in [-0.2, -0.15) is 5.10 Å². The predicted molar refractivity (Wildman–Crippen MR) is 120 cm³/mol. The molecule has 1 saturated heterocycles. The van der Waals surface area contributed by atoms with Gasteiger partial charge in [0.25, 0.3) is 5.91 Å². The van der Waals surface area contributed by atoms with E-state index in [2.05, 4.69) is 10.2 Å². The highest BCUT2D eigenvalue weighted by atomic mass is 16.5. The summed E-state index contributed by atoms with van der Waals surface area (Å²) >= 11 is 0. The summed E-state index contributed by atoms with van der Waals surface area (Å²) in [5.41, 5.74) is 5.37. The third-order valence-electron chi connectivity index (χ3n) is 6.42.